The zero-order valence-electron chi connectivity index (χ0n) is 12.8. The van der Waals surface area contributed by atoms with Crippen LogP contribution >= 0.6 is 27.3 Å². The van der Waals surface area contributed by atoms with E-state index < -0.39 is 0 Å². The van der Waals surface area contributed by atoms with E-state index in [0.29, 0.717) is 19.3 Å². The quantitative estimate of drug-likeness (QED) is 0.740. The van der Waals surface area contributed by atoms with Gasteiger partial charge >= 0.3 is 0 Å². The second kappa shape index (κ2) is 8.08. The Morgan fingerprint density at radius 2 is 1.90 bits per heavy atom. The molecule has 1 aromatic heterocycles. The number of hydrogen-bond donors (Lipinski definition) is 1. The minimum absolute atomic E-state index is 0.518. The normalized spacial score (nSPS) is 11.3. The molecule has 0 radical (unpaired) electrons. The number of aryl methyl sites for hydroxylation is 1. The molecule has 1 aromatic carbocycles. The first-order chi connectivity index (χ1) is 10.0. The average Bonchev–Trinajstić information content (AvgIpc) is 2.79. The monoisotopic (exact) mass is 367 g/mol. The van der Waals surface area contributed by atoms with Gasteiger partial charge in [-0.2, -0.15) is 0 Å². The van der Waals surface area contributed by atoms with E-state index >= 15 is 0 Å². The second-order valence-electron chi connectivity index (χ2n) is 5.45. The number of rotatable bonds is 7. The maximum atomic E-state index is 5.84. The Morgan fingerprint density at radius 1 is 1.19 bits per heavy atom. The lowest BCUT2D eigenvalue weighted by Gasteiger charge is -2.05. The predicted molar refractivity (Wildman–Crippen MR) is 93.7 cm³/mol. The minimum Gasteiger partial charge on any atom is -0.372 e. The van der Waals surface area contributed by atoms with Crippen molar-refractivity contribution in [2.24, 2.45) is 0 Å². The van der Waals surface area contributed by atoms with Gasteiger partial charge in [0.2, 0.25) is 0 Å². The molecule has 2 rings (SSSR count). The zero-order chi connectivity index (χ0) is 15.2. The first-order valence-electron chi connectivity index (χ1n) is 7.18. The van der Waals surface area contributed by atoms with Gasteiger partial charge in [0.15, 0.2) is 0 Å². The molecule has 0 atom stereocenters. The van der Waals surface area contributed by atoms with Crippen LogP contribution in [0.1, 0.15) is 34.7 Å². The Balaban J connectivity index is 1.84. The first-order valence-corrected chi connectivity index (χ1v) is 8.79. The molecule has 0 saturated heterocycles. The van der Waals surface area contributed by atoms with Gasteiger partial charge in [-0.1, -0.05) is 41.9 Å². The number of hydrogen-bond acceptors (Lipinski definition) is 3. The molecule has 0 saturated carbocycles. The van der Waals surface area contributed by atoms with Crippen LogP contribution in [0.15, 0.2) is 34.8 Å². The molecule has 0 spiro atoms. The van der Waals surface area contributed by atoms with Crippen LogP contribution in [0.4, 0.5) is 0 Å². The van der Waals surface area contributed by atoms with Crippen molar-refractivity contribution in [1.82, 2.24) is 5.32 Å². The van der Waals surface area contributed by atoms with Crippen LogP contribution in [0.2, 0.25) is 0 Å². The number of thiophene rings is 1. The molecule has 0 fully saturated rings. The Kier molecular flexibility index (Phi) is 6.42. The van der Waals surface area contributed by atoms with Gasteiger partial charge in [-0.05, 0) is 36.2 Å². The smallest absolute Gasteiger partial charge is 0.0732 e. The lowest BCUT2D eigenvalue weighted by Crippen LogP contribution is -2.21. The van der Waals surface area contributed by atoms with Gasteiger partial charge in [0.25, 0.3) is 0 Å². The van der Waals surface area contributed by atoms with Crippen molar-refractivity contribution in [3.63, 3.8) is 0 Å². The zero-order valence-corrected chi connectivity index (χ0v) is 15.2. The molecular weight excluding hydrogens is 346 g/mol. The van der Waals surface area contributed by atoms with E-state index in [-0.39, 0.29) is 0 Å². The molecule has 0 amide bonds. The Morgan fingerprint density at radius 3 is 2.57 bits per heavy atom. The summed E-state index contributed by atoms with van der Waals surface area (Å²) in [4.78, 5) is 2.73. The fraction of sp³-hybridized carbons (Fsp3) is 0.412. The SMILES string of the molecule is Cc1sc(CNC(C)C)cc1COCc1ccc(Br)cc1. The predicted octanol–water partition coefficient (Wildman–Crippen LogP) is 5.03. The summed E-state index contributed by atoms with van der Waals surface area (Å²) in [5.41, 5.74) is 2.51. The van der Waals surface area contributed by atoms with Gasteiger partial charge in [0, 0.05) is 26.8 Å². The van der Waals surface area contributed by atoms with E-state index in [2.05, 4.69) is 60.2 Å². The van der Waals surface area contributed by atoms with Crippen molar-refractivity contribution >= 4 is 27.3 Å². The van der Waals surface area contributed by atoms with Crippen molar-refractivity contribution in [3.8, 4) is 0 Å². The standard InChI is InChI=1S/C17H22BrNOS/c1-12(2)19-9-17-8-15(13(3)21-17)11-20-10-14-4-6-16(18)7-5-14/h4-8,12,19H,9-11H2,1-3H3. The van der Waals surface area contributed by atoms with E-state index in [1.54, 1.807) is 0 Å². The van der Waals surface area contributed by atoms with Crippen LogP contribution in [0.3, 0.4) is 0 Å². The number of nitrogens with one attached hydrogen (secondary N) is 1. The van der Waals surface area contributed by atoms with Crippen LogP contribution < -0.4 is 5.32 Å². The van der Waals surface area contributed by atoms with E-state index in [4.69, 9.17) is 4.74 Å². The van der Waals surface area contributed by atoms with Crippen LogP contribution in [0.5, 0.6) is 0 Å². The molecular formula is C17H22BrNOS. The van der Waals surface area contributed by atoms with Gasteiger partial charge in [-0.25, -0.2) is 0 Å². The number of halogens is 1. The number of benzene rings is 1. The largest absolute Gasteiger partial charge is 0.372 e. The Bertz CT molecular complexity index is 563. The van der Waals surface area contributed by atoms with Crippen LogP contribution in [-0.4, -0.2) is 6.04 Å². The lowest BCUT2D eigenvalue weighted by atomic mass is 10.2. The number of ether oxygens (including phenoxy) is 1. The van der Waals surface area contributed by atoms with Gasteiger partial charge in [-0.15, -0.1) is 11.3 Å². The summed E-state index contributed by atoms with van der Waals surface area (Å²) in [5.74, 6) is 0. The molecule has 1 N–H and O–H groups in total. The molecule has 114 valence electrons. The summed E-state index contributed by atoms with van der Waals surface area (Å²) in [6, 6.07) is 11.0. The third-order valence-electron chi connectivity index (χ3n) is 3.20. The fourth-order valence-electron chi connectivity index (χ4n) is 1.98. The van der Waals surface area contributed by atoms with Crippen molar-refractivity contribution < 1.29 is 4.74 Å². The van der Waals surface area contributed by atoms with Crippen molar-refractivity contribution in [1.29, 1.82) is 0 Å². The topological polar surface area (TPSA) is 21.3 Å². The van der Waals surface area contributed by atoms with E-state index in [1.807, 2.05) is 23.5 Å². The molecule has 21 heavy (non-hydrogen) atoms. The molecule has 4 heteroatoms. The Labute approximate surface area is 139 Å². The molecule has 0 aliphatic heterocycles. The highest BCUT2D eigenvalue weighted by Crippen LogP contribution is 2.23. The summed E-state index contributed by atoms with van der Waals surface area (Å²) < 4.78 is 6.94. The van der Waals surface area contributed by atoms with Gasteiger partial charge in [-0.3, -0.25) is 0 Å². The highest BCUT2D eigenvalue weighted by Gasteiger charge is 2.06. The average molecular weight is 368 g/mol. The van der Waals surface area contributed by atoms with Crippen molar-refractivity contribution in [2.75, 3.05) is 0 Å². The maximum absolute atomic E-state index is 5.84. The third kappa shape index (κ3) is 5.55. The van der Waals surface area contributed by atoms with Gasteiger partial charge < -0.3 is 10.1 Å². The van der Waals surface area contributed by atoms with Crippen LogP contribution in [-0.2, 0) is 24.5 Å². The summed E-state index contributed by atoms with van der Waals surface area (Å²) >= 11 is 5.30. The maximum Gasteiger partial charge on any atom is 0.0732 e. The van der Waals surface area contributed by atoms with Crippen molar-refractivity contribution in [2.45, 2.75) is 46.6 Å². The van der Waals surface area contributed by atoms with E-state index in [9.17, 15) is 0 Å². The van der Waals surface area contributed by atoms with E-state index in [0.717, 1.165) is 11.0 Å². The molecule has 2 aromatic rings. The highest BCUT2D eigenvalue weighted by molar-refractivity contribution is 9.10. The summed E-state index contributed by atoms with van der Waals surface area (Å²) in [5, 5.41) is 3.45. The van der Waals surface area contributed by atoms with Gasteiger partial charge in [0.1, 0.15) is 0 Å². The molecule has 0 aliphatic rings. The minimum atomic E-state index is 0.518. The molecule has 0 unspecified atom stereocenters. The first kappa shape index (κ1) is 16.7. The van der Waals surface area contributed by atoms with Gasteiger partial charge in [0.05, 0.1) is 13.2 Å². The molecule has 0 aliphatic carbocycles. The molecule has 1 heterocycles. The summed E-state index contributed by atoms with van der Waals surface area (Å²) in [6.07, 6.45) is 0. The lowest BCUT2D eigenvalue weighted by molar-refractivity contribution is 0.107. The summed E-state index contributed by atoms with van der Waals surface area (Å²) in [7, 11) is 0. The summed E-state index contributed by atoms with van der Waals surface area (Å²) in [6.45, 7) is 8.78. The molecule has 0 bridgehead atoms. The van der Waals surface area contributed by atoms with Crippen molar-refractivity contribution in [3.05, 3.63) is 55.7 Å². The highest BCUT2D eigenvalue weighted by atomic mass is 79.9. The fourth-order valence-corrected chi connectivity index (χ4v) is 3.25. The second-order valence-corrected chi connectivity index (χ2v) is 7.71. The van der Waals surface area contributed by atoms with E-state index in [1.165, 1.54) is 20.9 Å². The third-order valence-corrected chi connectivity index (χ3v) is 4.82. The Hall–Kier alpha value is -0.680. The van der Waals surface area contributed by atoms with Crippen LogP contribution in [0, 0.1) is 6.92 Å². The van der Waals surface area contributed by atoms with Crippen LogP contribution in [0.25, 0.3) is 0 Å². The molecule has 2 nitrogen and oxygen atoms in total.